The number of carboxylic acid groups (broad SMARTS) is 1. The molecule has 0 bridgehead atoms. The molecule has 4 nitrogen and oxygen atoms in total. The molecular formula is C16H26N2O2. The summed E-state index contributed by atoms with van der Waals surface area (Å²) in [6, 6.07) is 3.66. The quantitative estimate of drug-likeness (QED) is 0.892. The van der Waals surface area contributed by atoms with Gasteiger partial charge < -0.3 is 10.0 Å². The summed E-state index contributed by atoms with van der Waals surface area (Å²) < 4.78 is 0. The Morgan fingerprint density at radius 3 is 2.45 bits per heavy atom. The van der Waals surface area contributed by atoms with Crippen LogP contribution < -0.4 is 4.90 Å². The van der Waals surface area contributed by atoms with Crippen molar-refractivity contribution in [3.63, 3.8) is 0 Å². The van der Waals surface area contributed by atoms with Gasteiger partial charge in [-0.05, 0) is 25.5 Å². The van der Waals surface area contributed by atoms with Gasteiger partial charge in [-0.1, -0.05) is 34.1 Å². The van der Waals surface area contributed by atoms with Gasteiger partial charge in [-0.15, -0.1) is 0 Å². The number of aromatic nitrogens is 1. The lowest BCUT2D eigenvalue weighted by Gasteiger charge is -2.28. The minimum absolute atomic E-state index is 0.172. The van der Waals surface area contributed by atoms with Crippen molar-refractivity contribution in [2.45, 2.75) is 58.9 Å². The van der Waals surface area contributed by atoms with Crippen LogP contribution in [-0.4, -0.2) is 29.1 Å². The summed E-state index contributed by atoms with van der Waals surface area (Å²) in [5.41, 5.74) is 0.938. The molecule has 112 valence electrons. The van der Waals surface area contributed by atoms with Crippen molar-refractivity contribution >= 4 is 11.8 Å². The number of hydrogen-bond acceptors (Lipinski definition) is 3. The van der Waals surface area contributed by atoms with Crippen molar-refractivity contribution in [3.8, 4) is 0 Å². The van der Waals surface area contributed by atoms with Gasteiger partial charge in [0.05, 0.1) is 5.56 Å². The molecule has 0 saturated heterocycles. The van der Waals surface area contributed by atoms with Crippen LogP contribution in [0.15, 0.2) is 12.1 Å². The second-order valence-electron chi connectivity index (χ2n) is 6.40. The van der Waals surface area contributed by atoms with Crippen LogP contribution in [0.2, 0.25) is 0 Å². The Bertz CT molecular complexity index is 478. The maximum absolute atomic E-state index is 11.3. The molecule has 1 heterocycles. The van der Waals surface area contributed by atoms with Crippen molar-refractivity contribution in [3.05, 3.63) is 23.4 Å². The first-order chi connectivity index (χ1) is 9.16. The zero-order chi connectivity index (χ0) is 15.5. The monoisotopic (exact) mass is 278 g/mol. The van der Waals surface area contributed by atoms with Gasteiger partial charge in [-0.25, -0.2) is 9.78 Å². The molecule has 20 heavy (non-hydrogen) atoms. The maximum atomic E-state index is 11.3. The summed E-state index contributed by atoms with van der Waals surface area (Å²) in [6.45, 7) is 10.4. The van der Waals surface area contributed by atoms with Crippen molar-refractivity contribution < 1.29 is 9.90 Å². The van der Waals surface area contributed by atoms with Crippen LogP contribution in [0.1, 0.15) is 63.5 Å². The average molecular weight is 278 g/mol. The average Bonchev–Trinajstić information content (AvgIpc) is 2.36. The lowest BCUT2D eigenvalue weighted by molar-refractivity contribution is 0.0696. The number of anilines is 1. The standard InChI is InChI=1S/C16H26N2O2/c1-7-8-11(2)18(6)14-10-12(15(19)20)9-13(17-14)16(3,4)5/h9-11H,7-8H2,1-6H3,(H,19,20). The summed E-state index contributed by atoms with van der Waals surface area (Å²) in [7, 11) is 1.97. The van der Waals surface area contributed by atoms with E-state index >= 15 is 0 Å². The lowest BCUT2D eigenvalue weighted by Crippen LogP contribution is -2.30. The van der Waals surface area contributed by atoms with Gasteiger partial charge in [0.2, 0.25) is 0 Å². The fraction of sp³-hybridized carbons (Fsp3) is 0.625. The van der Waals surface area contributed by atoms with Crippen molar-refractivity contribution in [2.75, 3.05) is 11.9 Å². The highest BCUT2D eigenvalue weighted by Crippen LogP contribution is 2.25. The van der Waals surface area contributed by atoms with E-state index in [-0.39, 0.29) is 5.41 Å². The maximum Gasteiger partial charge on any atom is 0.335 e. The third-order valence-corrected chi connectivity index (χ3v) is 3.56. The van der Waals surface area contributed by atoms with E-state index in [9.17, 15) is 9.90 Å². The van der Waals surface area contributed by atoms with E-state index < -0.39 is 5.97 Å². The van der Waals surface area contributed by atoms with Gasteiger partial charge in [0.1, 0.15) is 5.82 Å². The minimum Gasteiger partial charge on any atom is -0.478 e. The summed E-state index contributed by atoms with van der Waals surface area (Å²) in [4.78, 5) is 18.0. The first-order valence-electron chi connectivity index (χ1n) is 7.15. The Morgan fingerprint density at radius 2 is 2.00 bits per heavy atom. The number of carbonyl (C=O) groups is 1. The molecule has 0 radical (unpaired) electrons. The predicted molar refractivity (Wildman–Crippen MR) is 82.7 cm³/mol. The van der Waals surface area contributed by atoms with Gasteiger partial charge in [-0.3, -0.25) is 0 Å². The Labute approximate surface area is 121 Å². The number of rotatable bonds is 5. The summed E-state index contributed by atoms with van der Waals surface area (Å²) in [5.74, 6) is -0.175. The Kier molecular flexibility index (Phi) is 5.15. The molecule has 0 amide bonds. The Balaban J connectivity index is 3.25. The number of aromatic carboxylic acids is 1. The highest BCUT2D eigenvalue weighted by Gasteiger charge is 2.21. The first-order valence-corrected chi connectivity index (χ1v) is 7.15. The largest absolute Gasteiger partial charge is 0.478 e. The molecule has 0 aliphatic rings. The van der Waals surface area contributed by atoms with Gasteiger partial charge in [0.25, 0.3) is 0 Å². The topological polar surface area (TPSA) is 53.4 Å². The minimum atomic E-state index is -0.907. The van der Waals surface area contributed by atoms with E-state index in [4.69, 9.17) is 0 Å². The number of pyridine rings is 1. The fourth-order valence-corrected chi connectivity index (χ4v) is 2.04. The van der Waals surface area contributed by atoms with E-state index in [2.05, 4.69) is 23.7 Å². The SMILES string of the molecule is CCCC(C)N(C)c1cc(C(=O)O)cc(C(C)(C)C)n1. The molecule has 4 heteroatoms. The molecule has 1 aromatic rings. The zero-order valence-electron chi connectivity index (χ0n) is 13.4. The Hall–Kier alpha value is -1.58. The molecule has 0 aliphatic carbocycles. The van der Waals surface area contributed by atoms with E-state index in [1.54, 1.807) is 12.1 Å². The van der Waals surface area contributed by atoms with E-state index in [0.29, 0.717) is 11.6 Å². The van der Waals surface area contributed by atoms with Crippen LogP contribution in [0, 0.1) is 0 Å². The molecule has 0 saturated carbocycles. The highest BCUT2D eigenvalue weighted by molar-refractivity contribution is 5.88. The van der Waals surface area contributed by atoms with Crippen molar-refractivity contribution in [1.29, 1.82) is 0 Å². The first kappa shape index (κ1) is 16.5. The van der Waals surface area contributed by atoms with Crippen molar-refractivity contribution in [1.82, 2.24) is 4.98 Å². The molecule has 0 fully saturated rings. The van der Waals surface area contributed by atoms with Crippen LogP contribution in [0.3, 0.4) is 0 Å². The number of carboxylic acids is 1. The molecule has 0 aliphatic heterocycles. The molecule has 1 N–H and O–H groups in total. The highest BCUT2D eigenvalue weighted by atomic mass is 16.4. The second-order valence-corrected chi connectivity index (χ2v) is 6.40. The zero-order valence-corrected chi connectivity index (χ0v) is 13.4. The van der Waals surface area contributed by atoms with Crippen LogP contribution in [0.4, 0.5) is 5.82 Å². The van der Waals surface area contributed by atoms with Gasteiger partial charge in [-0.2, -0.15) is 0 Å². The molecule has 1 atom stereocenters. The summed E-state index contributed by atoms with van der Waals surface area (Å²) in [6.07, 6.45) is 2.15. The van der Waals surface area contributed by atoms with E-state index in [1.807, 2.05) is 27.8 Å². The van der Waals surface area contributed by atoms with Gasteiger partial charge in [0, 0.05) is 24.2 Å². The molecule has 1 rings (SSSR count). The van der Waals surface area contributed by atoms with Crippen molar-refractivity contribution in [2.24, 2.45) is 0 Å². The number of hydrogen-bond donors (Lipinski definition) is 1. The predicted octanol–water partition coefficient (Wildman–Crippen LogP) is 3.70. The molecule has 1 aromatic heterocycles. The fourth-order valence-electron chi connectivity index (χ4n) is 2.04. The van der Waals surface area contributed by atoms with Gasteiger partial charge >= 0.3 is 5.97 Å². The third-order valence-electron chi connectivity index (χ3n) is 3.56. The molecule has 1 unspecified atom stereocenters. The molecule has 0 spiro atoms. The van der Waals surface area contributed by atoms with Crippen LogP contribution >= 0.6 is 0 Å². The van der Waals surface area contributed by atoms with E-state index in [0.717, 1.165) is 24.4 Å². The lowest BCUT2D eigenvalue weighted by atomic mass is 9.90. The molecule has 0 aromatic carbocycles. The summed E-state index contributed by atoms with van der Waals surface area (Å²) >= 11 is 0. The third kappa shape index (κ3) is 3.95. The van der Waals surface area contributed by atoms with Gasteiger partial charge in [0.15, 0.2) is 0 Å². The van der Waals surface area contributed by atoms with E-state index in [1.165, 1.54) is 0 Å². The second kappa shape index (κ2) is 6.25. The van der Waals surface area contributed by atoms with Crippen LogP contribution in [0.5, 0.6) is 0 Å². The van der Waals surface area contributed by atoms with Crippen LogP contribution in [-0.2, 0) is 5.41 Å². The Morgan fingerprint density at radius 1 is 1.40 bits per heavy atom. The smallest absolute Gasteiger partial charge is 0.335 e. The normalized spacial score (nSPS) is 13.1. The summed E-state index contributed by atoms with van der Waals surface area (Å²) in [5, 5.41) is 9.28. The molecular weight excluding hydrogens is 252 g/mol. The number of nitrogens with zero attached hydrogens (tertiary/aromatic N) is 2. The van der Waals surface area contributed by atoms with Crippen LogP contribution in [0.25, 0.3) is 0 Å².